The minimum atomic E-state index is 0.374. The van der Waals surface area contributed by atoms with Crippen molar-refractivity contribution >= 4 is 32.9 Å². The highest BCUT2D eigenvalue weighted by molar-refractivity contribution is 7.79. The van der Waals surface area contributed by atoms with E-state index in [0.717, 1.165) is 48.7 Å². The summed E-state index contributed by atoms with van der Waals surface area (Å²) in [6.45, 7) is 6.29. The molecule has 1 aliphatic rings. The van der Waals surface area contributed by atoms with E-state index < -0.39 is 0 Å². The summed E-state index contributed by atoms with van der Waals surface area (Å²) >= 11 is 5.42. The fourth-order valence-electron chi connectivity index (χ4n) is 2.62. The second kappa shape index (κ2) is 7.19. The lowest BCUT2D eigenvalue weighted by Gasteiger charge is -2.27. The molecule has 6 heteroatoms. The molecule has 0 amide bonds. The van der Waals surface area contributed by atoms with E-state index in [1.807, 2.05) is 6.07 Å². The third-order valence-electron chi connectivity index (χ3n) is 3.94. The van der Waals surface area contributed by atoms with Crippen LogP contribution in [0, 0.1) is 10.7 Å². The number of hydrogen-bond donors (Lipinski definition) is 1. The number of nitrogens with zero attached hydrogens (tertiary/aromatic N) is 1. The normalized spacial score (nSPS) is 16.0. The van der Waals surface area contributed by atoms with Gasteiger partial charge in [-0.25, -0.2) is 0 Å². The van der Waals surface area contributed by atoms with Gasteiger partial charge >= 0.3 is 0 Å². The Morgan fingerprint density at radius 2 is 2.05 bits per heavy atom. The molecule has 0 radical (unpaired) electrons. The number of phenols is 1. The minimum Gasteiger partial charge on any atom is -0.508 e. The van der Waals surface area contributed by atoms with Crippen LogP contribution >= 0.6 is 32.9 Å². The van der Waals surface area contributed by atoms with Crippen molar-refractivity contribution in [3.63, 3.8) is 0 Å². The van der Waals surface area contributed by atoms with Crippen molar-refractivity contribution < 1.29 is 9.84 Å². The zero-order valence-electron chi connectivity index (χ0n) is 12.5. The zero-order valence-corrected chi connectivity index (χ0v) is 15.0. The van der Waals surface area contributed by atoms with E-state index in [2.05, 4.69) is 17.9 Å². The van der Waals surface area contributed by atoms with Gasteiger partial charge in [0, 0.05) is 36.5 Å². The van der Waals surface area contributed by atoms with Crippen molar-refractivity contribution in [1.29, 1.82) is 0 Å². The fourth-order valence-corrected chi connectivity index (χ4v) is 5.29. The molecule has 1 aromatic heterocycles. The Bertz CT molecular complexity index is 702. The smallest absolute Gasteiger partial charge is 0.120 e. The molecule has 3 nitrogen and oxygen atoms in total. The van der Waals surface area contributed by atoms with Gasteiger partial charge in [0.1, 0.15) is 9.57 Å². The van der Waals surface area contributed by atoms with Crippen molar-refractivity contribution in [2.24, 2.45) is 0 Å². The van der Waals surface area contributed by atoms with Gasteiger partial charge in [-0.05, 0) is 24.1 Å². The number of aromatic hydroxyl groups is 1. The number of rotatable bonds is 4. The molecule has 1 aliphatic heterocycles. The Balaban J connectivity index is 1.78. The Morgan fingerprint density at radius 1 is 1.27 bits per heavy atom. The average molecular weight is 354 g/mol. The lowest BCUT2D eigenvalue weighted by Crippen LogP contribution is -2.35. The summed E-state index contributed by atoms with van der Waals surface area (Å²) in [5.41, 5.74) is 3.45. The molecule has 2 aromatic rings. The Kier molecular flexibility index (Phi) is 5.25. The van der Waals surface area contributed by atoms with Crippen LogP contribution in [-0.2, 0) is 17.7 Å². The topological polar surface area (TPSA) is 32.7 Å². The summed E-state index contributed by atoms with van der Waals surface area (Å²) in [6.07, 6.45) is 0.848. The van der Waals surface area contributed by atoms with Gasteiger partial charge in [-0.2, -0.15) is 0 Å². The number of benzene rings is 1. The van der Waals surface area contributed by atoms with Gasteiger partial charge in [-0.1, -0.05) is 45.0 Å². The van der Waals surface area contributed by atoms with Crippen molar-refractivity contribution in [2.45, 2.75) is 19.9 Å². The molecule has 2 heterocycles. The van der Waals surface area contributed by atoms with Crippen LogP contribution in [0.15, 0.2) is 18.2 Å². The molecule has 0 saturated carbocycles. The standard InChI is InChI=1S/C16H19NO2S3/c1-11-14(16(20)22-21-11)9-12-2-3-15(18)13(8-12)10-17-4-6-19-7-5-17/h2-3,8,18H,4-7,9-10H2,1H3. The van der Waals surface area contributed by atoms with E-state index in [1.165, 1.54) is 16.0 Å². The third-order valence-corrected chi connectivity index (χ3v) is 7.23. The molecule has 0 bridgehead atoms. The van der Waals surface area contributed by atoms with Crippen LogP contribution < -0.4 is 0 Å². The van der Waals surface area contributed by atoms with Crippen LogP contribution in [0.25, 0.3) is 0 Å². The zero-order chi connectivity index (χ0) is 15.5. The molecule has 0 aliphatic carbocycles. The lowest BCUT2D eigenvalue weighted by molar-refractivity contribution is 0.0339. The highest BCUT2D eigenvalue weighted by Gasteiger charge is 2.14. The number of aryl methyl sites for hydroxylation is 1. The van der Waals surface area contributed by atoms with Gasteiger partial charge in [0.15, 0.2) is 0 Å². The molecule has 1 aromatic carbocycles. The number of hydrogen-bond acceptors (Lipinski definition) is 6. The van der Waals surface area contributed by atoms with Gasteiger partial charge in [-0.3, -0.25) is 4.90 Å². The molecule has 1 saturated heterocycles. The maximum Gasteiger partial charge on any atom is 0.120 e. The summed E-state index contributed by atoms with van der Waals surface area (Å²) < 4.78 is 6.37. The summed E-state index contributed by atoms with van der Waals surface area (Å²) in [5.74, 6) is 0.374. The van der Waals surface area contributed by atoms with E-state index in [0.29, 0.717) is 5.75 Å². The quantitative estimate of drug-likeness (QED) is 0.666. The van der Waals surface area contributed by atoms with Gasteiger partial charge < -0.3 is 9.84 Å². The first-order valence-electron chi connectivity index (χ1n) is 7.33. The van der Waals surface area contributed by atoms with Crippen LogP contribution in [0.5, 0.6) is 5.75 Å². The number of morpholine rings is 1. The second-order valence-electron chi connectivity index (χ2n) is 5.52. The Morgan fingerprint density at radius 3 is 2.73 bits per heavy atom. The predicted molar refractivity (Wildman–Crippen MR) is 94.8 cm³/mol. The molecule has 22 heavy (non-hydrogen) atoms. The monoisotopic (exact) mass is 353 g/mol. The predicted octanol–water partition coefficient (Wildman–Crippen LogP) is 3.98. The maximum absolute atomic E-state index is 10.1. The maximum atomic E-state index is 10.1. The summed E-state index contributed by atoms with van der Waals surface area (Å²) in [7, 11) is 3.42. The largest absolute Gasteiger partial charge is 0.508 e. The average Bonchev–Trinajstić information content (AvgIpc) is 2.83. The SMILES string of the molecule is Cc1ssc(=S)c1Cc1ccc(O)c(CN2CCOCC2)c1. The molecule has 0 unspecified atom stereocenters. The lowest BCUT2D eigenvalue weighted by atomic mass is 10.0. The van der Waals surface area contributed by atoms with Gasteiger partial charge in [0.2, 0.25) is 0 Å². The number of phenolic OH excluding ortho intramolecular Hbond substituents is 1. The van der Waals surface area contributed by atoms with Crippen molar-refractivity contribution in [3.8, 4) is 5.75 Å². The summed E-state index contributed by atoms with van der Waals surface area (Å²) in [4.78, 5) is 3.62. The molecule has 1 N–H and O–H groups in total. The van der Waals surface area contributed by atoms with Crippen molar-refractivity contribution in [3.05, 3.63) is 43.6 Å². The van der Waals surface area contributed by atoms with E-state index in [1.54, 1.807) is 26.7 Å². The molecule has 3 rings (SSSR count). The fraction of sp³-hybridized carbons (Fsp3) is 0.438. The summed E-state index contributed by atoms with van der Waals surface area (Å²) in [6, 6.07) is 5.91. The van der Waals surface area contributed by atoms with Crippen LogP contribution in [0.1, 0.15) is 21.6 Å². The number of ether oxygens (including phenoxy) is 1. The third kappa shape index (κ3) is 3.75. The van der Waals surface area contributed by atoms with Gasteiger partial charge in [0.05, 0.1) is 13.2 Å². The molecular formula is C16H19NO2S3. The van der Waals surface area contributed by atoms with Crippen LogP contribution in [-0.4, -0.2) is 36.3 Å². The van der Waals surface area contributed by atoms with Gasteiger partial charge in [-0.15, -0.1) is 0 Å². The van der Waals surface area contributed by atoms with E-state index in [9.17, 15) is 5.11 Å². The molecule has 0 atom stereocenters. The van der Waals surface area contributed by atoms with Crippen molar-refractivity contribution in [1.82, 2.24) is 4.90 Å². The van der Waals surface area contributed by atoms with Crippen LogP contribution in [0.2, 0.25) is 0 Å². The van der Waals surface area contributed by atoms with E-state index in [4.69, 9.17) is 17.0 Å². The first-order valence-corrected chi connectivity index (χ1v) is 9.89. The highest BCUT2D eigenvalue weighted by Crippen LogP contribution is 2.28. The van der Waals surface area contributed by atoms with E-state index >= 15 is 0 Å². The van der Waals surface area contributed by atoms with Gasteiger partial charge in [0.25, 0.3) is 0 Å². The van der Waals surface area contributed by atoms with Crippen LogP contribution in [0.3, 0.4) is 0 Å². The van der Waals surface area contributed by atoms with E-state index in [-0.39, 0.29) is 0 Å². The molecule has 0 spiro atoms. The first-order chi connectivity index (χ1) is 10.6. The minimum absolute atomic E-state index is 0.374. The Hall–Kier alpha value is -0.790. The second-order valence-corrected chi connectivity index (χ2v) is 8.54. The highest BCUT2D eigenvalue weighted by atomic mass is 32.9. The summed E-state index contributed by atoms with van der Waals surface area (Å²) in [5, 5.41) is 10.1. The van der Waals surface area contributed by atoms with Crippen molar-refractivity contribution in [2.75, 3.05) is 26.3 Å². The molecule has 1 fully saturated rings. The molecule has 118 valence electrons. The Labute approximate surface area is 143 Å². The molecular weight excluding hydrogens is 334 g/mol. The first kappa shape index (κ1) is 16.1. The van der Waals surface area contributed by atoms with Crippen LogP contribution in [0.4, 0.5) is 0 Å².